The van der Waals surface area contributed by atoms with Gasteiger partial charge in [0.15, 0.2) is 10.8 Å². The van der Waals surface area contributed by atoms with Crippen molar-refractivity contribution < 1.29 is 5.11 Å². The quantitative estimate of drug-likeness (QED) is 0.797. The van der Waals surface area contributed by atoms with E-state index in [0.29, 0.717) is 0 Å². The summed E-state index contributed by atoms with van der Waals surface area (Å²) in [5.41, 5.74) is 0.858. The van der Waals surface area contributed by atoms with Crippen molar-refractivity contribution in [3.63, 3.8) is 0 Å². The lowest BCUT2D eigenvalue weighted by molar-refractivity contribution is 0.250. The van der Waals surface area contributed by atoms with E-state index < -0.39 is 0 Å². The summed E-state index contributed by atoms with van der Waals surface area (Å²) >= 11 is 1.62. The van der Waals surface area contributed by atoms with Gasteiger partial charge in [0.1, 0.15) is 0 Å². The molecule has 15 heavy (non-hydrogen) atoms. The number of aromatic nitrogens is 3. The van der Waals surface area contributed by atoms with Crippen molar-refractivity contribution in [2.24, 2.45) is 5.92 Å². The molecule has 0 amide bonds. The van der Waals surface area contributed by atoms with Gasteiger partial charge in [0, 0.05) is 18.6 Å². The van der Waals surface area contributed by atoms with Gasteiger partial charge in [-0.05, 0) is 18.1 Å². The SMILES string of the molecule is CC(CO)CSc1nnc2ccccn12. The van der Waals surface area contributed by atoms with E-state index in [1.165, 1.54) is 0 Å². The Bertz CT molecular complexity index is 443. The molecule has 0 saturated carbocycles. The van der Waals surface area contributed by atoms with Crippen molar-refractivity contribution in [2.45, 2.75) is 12.1 Å². The van der Waals surface area contributed by atoms with E-state index in [2.05, 4.69) is 10.2 Å². The number of hydrogen-bond donors (Lipinski definition) is 1. The fraction of sp³-hybridized carbons (Fsp3) is 0.400. The first kappa shape index (κ1) is 10.4. The monoisotopic (exact) mass is 223 g/mol. The average molecular weight is 223 g/mol. The summed E-state index contributed by atoms with van der Waals surface area (Å²) in [5.74, 6) is 1.14. The molecule has 0 bridgehead atoms. The number of pyridine rings is 1. The van der Waals surface area contributed by atoms with E-state index in [9.17, 15) is 0 Å². The molecule has 1 unspecified atom stereocenters. The van der Waals surface area contributed by atoms with E-state index >= 15 is 0 Å². The molecular formula is C10H13N3OS. The predicted molar refractivity (Wildman–Crippen MR) is 60.0 cm³/mol. The number of thioether (sulfide) groups is 1. The van der Waals surface area contributed by atoms with Gasteiger partial charge in [0.2, 0.25) is 0 Å². The minimum atomic E-state index is 0.212. The van der Waals surface area contributed by atoms with E-state index in [1.54, 1.807) is 11.8 Å². The first-order chi connectivity index (χ1) is 7.31. The molecule has 0 saturated heterocycles. The largest absolute Gasteiger partial charge is 0.396 e. The maximum absolute atomic E-state index is 8.92. The highest BCUT2D eigenvalue weighted by molar-refractivity contribution is 7.99. The highest BCUT2D eigenvalue weighted by atomic mass is 32.2. The Kier molecular flexibility index (Phi) is 3.23. The lowest BCUT2D eigenvalue weighted by Crippen LogP contribution is -2.03. The molecule has 1 atom stereocenters. The Morgan fingerprint density at radius 3 is 3.13 bits per heavy atom. The van der Waals surface area contributed by atoms with Crippen LogP contribution in [0.5, 0.6) is 0 Å². The maximum Gasteiger partial charge on any atom is 0.195 e. The van der Waals surface area contributed by atoms with Gasteiger partial charge >= 0.3 is 0 Å². The molecule has 2 heterocycles. The summed E-state index contributed by atoms with van der Waals surface area (Å²) in [6.07, 6.45) is 1.95. The molecule has 0 aromatic carbocycles. The van der Waals surface area contributed by atoms with Crippen molar-refractivity contribution in [1.82, 2.24) is 14.6 Å². The fourth-order valence-corrected chi connectivity index (χ4v) is 2.12. The first-order valence-electron chi connectivity index (χ1n) is 4.84. The molecule has 4 nitrogen and oxygen atoms in total. The summed E-state index contributed by atoms with van der Waals surface area (Å²) in [6.45, 7) is 2.22. The highest BCUT2D eigenvalue weighted by Gasteiger charge is 2.07. The van der Waals surface area contributed by atoms with Gasteiger partial charge in [-0.3, -0.25) is 4.40 Å². The molecule has 0 aliphatic carbocycles. The van der Waals surface area contributed by atoms with Crippen LogP contribution in [0, 0.1) is 5.92 Å². The molecule has 2 rings (SSSR count). The number of nitrogens with zero attached hydrogens (tertiary/aromatic N) is 3. The Hall–Kier alpha value is -1.07. The van der Waals surface area contributed by atoms with Gasteiger partial charge in [-0.1, -0.05) is 24.8 Å². The van der Waals surface area contributed by atoms with Crippen LogP contribution in [-0.4, -0.2) is 32.1 Å². The minimum absolute atomic E-state index is 0.212. The van der Waals surface area contributed by atoms with E-state index in [0.717, 1.165) is 16.6 Å². The Labute approximate surface area is 92.3 Å². The fourth-order valence-electron chi connectivity index (χ4n) is 1.19. The molecule has 80 valence electrons. The molecule has 0 spiro atoms. The predicted octanol–water partition coefficient (Wildman–Crippen LogP) is 1.45. The van der Waals surface area contributed by atoms with Gasteiger partial charge in [-0.25, -0.2) is 0 Å². The molecule has 0 aliphatic heterocycles. The topological polar surface area (TPSA) is 50.4 Å². The molecule has 2 aromatic rings. The Balaban J connectivity index is 2.14. The molecule has 0 fully saturated rings. The lowest BCUT2D eigenvalue weighted by atomic mass is 10.2. The Morgan fingerprint density at radius 2 is 2.33 bits per heavy atom. The van der Waals surface area contributed by atoms with E-state index in [4.69, 9.17) is 5.11 Å². The Morgan fingerprint density at radius 1 is 1.47 bits per heavy atom. The second-order valence-electron chi connectivity index (χ2n) is 3.51. The number of rotatable bonds is 4. The zero-order valence-electron chi connectivity index (χ0n) is 8.50. The number of aliphatic hydroxyl groups is 1. The lowest BCUT2D eigenvalue weighted by Gasteiger charge is -2.05. The normalized spacial score (nSPS) is 13.2. The van der Waals surface area contributed by atoms with Gasteiger partial charge in [0.05, 0.1) is 0 Å². The second kappa shape index (κ2) is 4.63. The van der Waals surface area contributed by atoms with E-state index in [-0.39, 0.29) is 12.5 Å². The van der Waals surface area contributed by atoms with Crippen LogP contribution in [0.1, 0.15) is 6.92 Å². The average Bonchev–Trinajstić information content (AvgIpc) is 2.69. The second-order valence-corrected chi connectivity index (χ2v) is 4.50. The maximum atomic E-state index is 8.92. The van der Waals surface area contributed by atoms with Crippen LogP contribution in [0.25, 0.3) is 5.65 Å². The number of aliphatic hydroxyl groups excluding tert-OH is 1. The minimum Gasteiger partial charge on any atom is -0.396 e. The van der Waals surface area contributed by atoms with Crippen LogP contribution < -0.4 is 0 Å². The van der Waals surface area contributed by atoms with Gasteiger partial charge in [-0.2, -0.15) is 0 Å². The molecule has 1 N–H and O–H groups in total. The summed E-state index contributed by atoms with van der Waals surface area (Å²) in [4.78, 5) is 0. The smallest absolute Gasteiger partial charge is 0.195 e. The van der Waals surface area contributed by atoms with Crippen LogP contribution in [0.4, 0.5) is 0 Å². The van der Waals surface area contributed by atoms with Crippen LogP contribution in [-0.2, 0) is 0 Å². The third-order valence-corrected chi connectivity index (χ3v) is 3.36. The van der Waals surface area contributed by atoms with Gasteiger partial charge in [-0.15, -0.1) is 10.2 Å². The zero-order valence-corrected chi connectivity index (χ0v) is 9.31. The zero-order chi connectivity index (χ0) is 10.7. The summed E-state index contributed by atoms with van der Waals surface area (Å²) in [7, 11) is 0. The van der Waals surface area contributed by atoms with Gasteiger partial charge in [0.25, 0.3) is 0 Å². The van der Waals surface area contributed by atoms with Crippen molar-refractivity contribution >= 4 is 17.4 Å². The van der Waals surface area contributed by atoms with Crippen molar-refractivity contribution in [3.05, 3.63) is 24.4 Å². The van der Waals surface area contributed by atoms with E-state index in [1.807, 2.05) is 35.7 Å². The number of hydrogen-bond acceptors (Lipinski definition) is 4. The molecule has 0 radical (unpaired) electrons. The molecule has 5 heteroatoms. The number of fused-ring (bicyclic) bond motifs is 1. The van der Waals surface area contributed by atoms with Crippen LogP contribution in [0.15, 0.2) is 29.6 Å². The van der Waals surface area contributed by atoms with Crippen LogP contribution in [0.2, 0.25) is 0 Å². The standard InChI is InChI=1S/C10H13N3OS/c1-8(6-14)7-15-10-12-11-9-4-2-3-5-13(9)10/h2-5,8,14H,6-7H2,1H3. The molecular weight excluding hydrogens is 210 g/mol. The summed E-state index contributed by atoms with van der Waals surface area (Å²) < 4.78 is 1.95. The first-order valence-corrected chi connectivity index (χ1v) is 5.83. The van der Waals surface area contributed by atoms with Crippen molar-refractivity contribution in [3.8, 4) is 0 Å². The third-order valence-electron chi connectivity index (χ3n) is 2.09. The van der Waals surface area contributed by atoms with Gasteiger partial charge < -0.3 is 5.11 Å². The van der Waals surface area contributed by atoms with Crippen molar-refractivity contribution in [2.75, 3.05) is 12.4 Å². The van der Waals surface area contributed by atoms with Crippen LogP contribution in [0.3, 0.4) is 0 Å². The third kappa shape index (κ3) is 2.30. The van der Waals surface area contributed by atoms with Crippen LogP contribution >= 0.6 is 11.8 Å². The summed E-state index contributed by atoms with van der Waals surface area (Å²) in [6, 6.07) is 5.82. The van der Waals surface area contributed by atoms with Crippen molar-refractivity contribution in [1.29, 1.82) is 0 Å². The summed E-state index contributed by atoms with van der Waals surface area (Å²) in [5, 5.41) is 17.9. The molecule has 2 aromatic heterocycles. The highest BCUT2D eigenvalue weighted by Crippen LogP contribution is 2.19. The molecule has 0 aliphatic rings.